The molecule has 1 aliphatic heterocycles. The minimum absolute atomic E-state index is 0.462. The van der Waals surface area contributed by atoms with E-state index in [9.17, 15) is 0 Å². The highest BCUT2D eigenvalue weighted by Gasteiger charge is 2.28. The van der Waals surface area contributed by atoms with Gasteiger partial charge in [0.05, 0.1) is 12.2 Å². The Morgan fingerprint density at radius 3 is 2.35 bits per heavy atom. The van der Waals surface area contributed by atoms with Gasteiger partial charge in [-0.1, -0.05) is 46.5 Å². The Kier molecular flexibility index (Phi) is 10.6. The SMILES string of the molecule is CCCC(C)OC1CCC(CCCN2CCC(C(CC)CCC)C2)CC1. The van der Waals surface area contributed by atoms with Crippen molar-refractivity contribution in [3.63, 3.8) is 0 Å². The molecule has 0 aromatic rings. The first-order valence-corrected chi connectivity index (χ1v) is 12.0. The van der Waals surface area contributed by atoms with Gasteiger partial charge in [-0.05, 0) is 89.1 Å². The van der Waals surface area contributed by atoms with E-state index < -0.39 is 0 Å². The second kappa shape index (κ2) is 12.4. The van der Waals surface area contributed by atoms with Crippen molar-refractivity contribution in [3.05, 3.63) is 0 Å². The summed E-state index contributed by atoms with van der Waals surface area (Å²) in [5.74, 6) is 2.94. The van der Waals surface area contributed by atoms with Crippen LogP contribution < -0.4 is 0 Å². The van der Waals surface area contributed by atoms with Crippen molar-refractivity contribution >= 4 is 0 Å². The Balaban J connectivity index is 1.56. The van der Waals surface area contributed by atoms with E-state index in [4.69, 9.17) is 4.74 Å². The van der Waals surface area contributed by atoms with Crippen LogP contribution in [0.2, 0.25) is 0 Å². The summed E-state index contributed by atoms with van der Waals surface area (Å²) in [6, 6.07) is 0. The molecule has 0 spiro atoms. The molecule has 2 fully saturated rings. The lowest BCUT2D eigenvalue weighted by Gasteiger charge is -2.31. The minimum atomic E-state index is 0.462. The summed E-state index contributed by atoms with van der Waals surface area (Å²) < 4.78 is 6.22. The van der Waals surface area contributed by atoms with Crippen LogP contribution in [0.3, 0.4) is 0 Å². The molecule has 26 heavy (non-hydrogen) atoms. The van der Waals surface area contributed by atoms with Crippen LogP contribution in [0.15, 0.2) is 0 Å². The Labute approximate surface area is 164 Å². The summed E-state index contributed by atoms with van der Waals surface area (Å²) in [5.41, 5.74) is 0. The van der Waals surface area contributed by atoms with Gasteiger partial charge in [0.2, 0.25) is 0 Å². The summed E-state index contributed by atoms with van der Waals surface area (Å²) >= 11 is 0. The average Bonchev–Trinajstić information content (AvgIpc) is 3.10. The first-order chi connectivity index (χ1) is 12.7. The Morgan fingerprint density at radius 2 is 1.69 bits per heavy atom. The van der Waals surface area contributed by atoms with Crippen LogP contribution in [-0.4, -0.2) is 36.7 Å². The zero-order valence-corrected chi connectivity index (χ0v) is 18.3. The van der Waals surface area contributed by atoms with Crippen molar-refractivity contribution in [1.82, 2.24) is 4.90 Å². The molecule has 0 radical (unpaired) electrons. The molecule has 1 heterocycles. The van der Waals surface area contributed by atoms with Gasteiger partial charge in [0, 0.05) is 6.54 Å². The van der Waals surface area contributed by atoms with E-state index in [1.807, 2.05) is 0 Å². The monoisotopic (exact) mass is 365 g/mol. The van der Waals surface area contributed by atoms with Crippen molar-refractivity contribution in [2.24, 2.45) is 17.8 Å². The molecule has 3 unspecified atom stereocenters. The number of hydrogen-bond acceptors (Lipinski definition) is 2. The molecule has 0 aromatic carbocycles. The van der Waals surface area contributed by atoms with Gasteiger partial charge in [0.25, 0.3) is 0 Å². The second-order valence-corrected chi connectivity index (χ2v) is 9.33. The standard InChI is InChI=1S/C24H47NO/c1-5-9-20(4)26-24-14-12-21(13-15-24)11-8-17-25-18-16-23(19-25)22(7-3)10-6-2/h20-24H,5-19H2,1-4H3. The van der Waals surface area contributed by atoms with E-state index in [0.717, 1.165) is 17.8 Å². The molecular weight excluding hydrogens is 318 g/mol. The average molecular weight is 366 g/mol. The van der Waals surface area contributed by atoms with E-state index in [2.05, 4.69) is 32.6 Å². The van der Waals surface area contributed by atoms with Gasteiger partial charge in [0.1, 0.15) is 0 Å². The predicted octanol–water partition coefficient (Wildman–Crippen LogP) is 6.68. The normalized spacial score (nSPS) is 29.8. The smallest absolute Gasteiger partial charge is 0.0579 e. The van der Waals surface area contributed by atoms with Gasteiger partial charge < -0.3 is 9.64 Å². The maximum absolute atomic E-state index is 6.22. The predicted molar refractivity (Wildman–Crippen MR) is 114 cm³/mol. The van der Waals surface area contributed by atoms with Crippen LogP contribution >= 0.6 is 0 Å². The van der Waals surface area contributed by atoms with E-state index in [1.54, 1.807) is 0 Å². The molecule has 2 aliphatic rings. The van der Waals surface area contributed by atoms with E-state index >= 15 is 0 Å². The fraction of sp³-hybridized carbons (Fsp3) is 1.00. The molecular formula is C24H47NO. The van der Waals surface area contributed by atoms with Crippen LogP contribution in [0, 0.1) is 17.8 Å². The fourth-order valence-corrected chi connectivity index (χ4v) is 5.56. The summed E-state index contributed by atoms with van der Waals surface area (Å²) in [6.45, 7) is 13.3. The number of rotatable bonds is 12. The van der Waals surface area contributed by atoms with Crippen LogP contribution in [0.4, 0.5) is 0 Å². The Hall–Kier alpha value is -0.0800. The highest BCUT2D eigenvalue weighted by atomic mass is 16.5. The molecule has 1 saturated carbocycles. The molecule has 0 aromatic heterocycles. The molecule has 0 N–H and O–H groups in total. The fourth-order valence-electron chi connectivity index (χ4n) is 5.56. The van der Waals surface area contributed by atoms with Crippen molar-refractivity contribution in [2.45, 2.75) is 117 Å². The van der Waals surface area contributed by atoms with Gasteiger partial charge in [0.15, 0.2) is 0 Å². The van der Waals surface area contributed by atoms with Crippen molar-refractivity contribution in [2.75, 3.05) is 19.6 Å². The van der Waals surface area contributed by atoms with Gasteiger partial charge in [-0.2, -0.15) is 0 Å². The molecule has 1 saturated heterocycles. The quantitative estimate of drug-likeness (QED) is 0.382. The third-order valence-electron chi connectivity index (χ3n) is 7.16. The Morgan fingerprint density at radius 1 is 0.962 bits per heavy atom. The van der Waals surface area contributed by atoms with Crippen molar-refractivity contribution in [3.8, 4) is 0 Å². The number of likely N-dealkylation sites (tertiary alicyclic amines) is 1. The largest absolute Gasteiger partial charge is 0.375 e. The first-order valence-electron chi connectivity index (χ1n) is 12.0. The van der Waals surface area contributed by atoms with E-state index in [-0.39, 0.29) is 0 Å². The van der Waals surface area contributed by atoms with Crippen LogP contribution in [0.5, 0.6) is 0 Å². The number of ether oxygens (including phenoxy) is 1. The topological polar surface area (TPSA) is 12.5 Å². The summed E-state index contributed by atoms with van der Waals surface area (Å²) in [5, 5.41) is 0. The van der Waals surface area contributed by atoms with Crippen LogP contribution in [-0.2, 0) is 4.74 Å². The van der Waals surface area contributed by atoms with Gasteiger partial charge in [-0.15, -0.1) is 0 Å². The highest BCUT2D eigenvalue weighted by molar-refractivity contribution is 4.81. The minimum Gasteiger partial charge on any atom is -0.375 e. The maximum Gasteiger partial charge on any atom is 0.0579 e. The molecule has 0 amide bonds. The van der Waals surface area contributed by atoms with E-state index in [1.165, 1.54) is 96.7 Å². The summed E-state index contributed by atoms with van der Waals surface area (Å²) in [7, 11) is 0. The summed E-state index contributed by atoms with van der Waals surface area (Å²) in [6.07, 6.45) is 17.4. The third-order valence-corrected chi connectivity index (χ3v) is 7.16. The van der Waals surface area contributed by atoms with Gasteiger partial charge in [-0.3, -0.25) is 0 Å². The van der Waals surface area contributed by atoms with Gasteiger partial charge in [-0.25, -0.2) is 0 Å². The molecule has 3 atom stereocenters. The maximum atomic E-state index is 6.22. The molecule has 154 valence electrons. The molecule has 1 aliphatic carbocycles. The van der Waals surface area contributed by atoms with Crippen LogP contribution in [0.25, 0.3) is 0 Å². The lowest BCUT2D eigenvalue weighted by Crippen LogP contribution is -2.27. The van der Waals surface area contributed by atoms with Crippen molar-refractivity contribution < 1.29 is 4.74 Å². The second-order valence-electron chi connectivity index (χ2n) is 9.33. The molecule has 2 heteroatoms. The number of nitrogens with zero attached hydrogens (tertiary/aromatic N) is 1. The van der Waals surface area contributed by atoms with Crippen molar-refractivity contribution in [1.29, 1.82) is 0 Å². The zero-order chi connectivity index (χ0) is 18.8. The van der Waals surface area contributed by atoms with Gasteiger partial charge >= 0.3 is 0 Å². The van der Waals surface area contributed by atoms with Crippen LogP contribution in [0.1, 0.15) is 105 Å². The lowest BCUT2D eigenvalue weighted by molar-refractivity contribution is -0.0321. The lowest BCUT2D eigenvalue weighted by atomic mass is 9.84. The Bertz CT molecular complexity index is 350. The van der Waals surface area contributed by atoms with E-state index in [0.29, 0.717) is 12.2 Å². The molecule has 0 bridgehead atoms. The number of hydrogen-bond donors (Lipinski definition) is 0. The summed E-state index contributed by atoms with van der Waals surface area (Å²) in [4.78, 5) is 2.77. The first kappa shape index (κ1) is 22.2. The molecule has 2 rings (SSSR count). The zero-order valence-electron chi connectivity index (χ0n) is 18.3. The molecule has 2 nitrogen and oxygen atoms in total. The third kappa shape index (κ3) is 7.50. The highest BCUT2D eigenvalue weighted by Crippen LogP contribution is 2.32.